The van der Waals surface area contributed by atoms with Crippen molar-refractivity contribution in [2.24, 2.45) is 0 Å². The minimum Gasteiger partial charge on any atom is -0.494 e. The number of nitrogens with one attached hydrogen (secondary N) is 1. The van der Waals surface area contributed by atoms with Gasteiger partial charge in [-0.05, 0) is 55.9 Å². The van der Waals surface area contributed by atoms with E-state index >= 15 is 0 Å². The molecular weight excluding hydrogens is 286 g/mol. The van der Waals surface area contributed by atoms with Gasteiger partial charge in [-0.15, -0.1) is 0 Å². The van der Waals surface area contributed by atoms with Crippen LogP contribution in [0.4, 0.5) is 0 Å². The summed E-state index contributed by atoms with van der Waals surface area (Å²) >= 11 is 5.86. The highest BCUT2D eigenvalue weighted by atomic mass is 35.5. The minimum absolute atomic E-state index is 0.122. The van der Waals surface area contributed by atoms with E-state index in [1.165, 1.54) is 0 Å². The zero-order chi connectivity index (χ0) is 15.1. The Balaban J connectivity index is 1.97. The van der Waals surface area contributed by atoms with Gasteiger partial charge >= 0.3 is 0 Å². The van der Waals surface area contributed by atoms with Crippen LogP contribution in [0.3, 0.4) is 0 Å². The third-order valence-electron chi connectivity index (χ3n) is 3.17. The first-order chi connectivity index (χ1) is 10.2. The SMILES string of the molecule is CCOc1ccc(C(COc2ccc(Cl)cc2)NC)cc1. The highest BCUT2D eigenvalue weighted by molar-refractivity contribution is 6.30. The van der Waals surface area contributed by atoms with Crippen LogP contribution in [0.2, 0.25) is 5.02 Å². The largest absolute Gasteiger partial charge is 0.494 e. The second-order valence-electron chi connectivity index (χ2n) is 4.61. The predicted molar refractivity (Wildman–Crippen MR) is 86.4 cm³/mol. The van der Waals surface area contributed by atoms with Gasteiger partial charge in [-0.2, -0.15) is 0 Å². The molecule has 112 valence electrons. The second-order valence-corrected chi connectivity index (χ2v) is 5.04. The topological polar surface area (TPSA) is 30.5 Å². The number of rotatable bonds is 7. The van der Waals surface area contributed by atoms with E-state index in [2.05, 4.69) is 17.4 Å². The smallest absolute Gasteiger partial charge is 0.119 e. The molecule has 0 amide bonds. The lowest BCUT2D eigenvalue weighted by molar-refractivity contribution is 0.273. The highest BCUT2D eigenvalue weighted by Crippen LogP contribution is 2.20. The van der Waals surface area contributed by atoms with Crippen LogP contribution in [0, 0.1) is 0 Å². The Hall–Kier alpha value is -1.71. The number of benzene rings is 2. The Morgan fingerprint density at radius 2 is 1.52 bits per heavy atom. The van der Waals surface area contributed by atoms with Crippen LogP contribution in [0.15, 0.2) is 48.5 Å². The summed E-state index contributed by atoms with van der Waals surface area (Å²) in [6, 6.07) is 15.6. The zero-order valence-electron chi connectivity index (χ0n) is 12.3. The van der Waals surface area contributed by atoms with Crippen molar-refractivity contribution >= 4 is 11.6 Å². The number of halogens is 1. The lowest BCUT2D eigenvalue weighted by atomic mass is 10.1. The molecule has 0 aliphatic heterocycles. The molecule has 2 aromatic carbocycles. The summed E-state index contributed by atoms with van der Waals surface area (Å²) in [5.74, 6) is 1.69. The number of hydrogen-bond acceptors (Lipinski definition) is 3. The van der Waals surface area contributed by atoms with E-state index in [0.29, 0.717) is 18.2 Å². The van der Waals surface area contributed by atoms with Crippen molar-refractivity contribution in [1.82, 2.24) is 5.32 Å². The first-order valence-electron chi connectivity index (χ1n) is 7.01. The standard InChI is InChI=1S/C17H20ClNO2/c1-3-20-15-8-4-13(5-9-15)17(19-2)12-21-16-10-6-14(18)7-11-16/h4-11,17,19H,3,12H2,1-2H3. The van der Waals surface area contributed by atoms with Crippen LogP contribution in [0.1, 0.15) is 18.5 Å². The Bertz CT molecular complexity index is 540. The molecule has 2 aromatic rings. The first kappa shape index (κ1) is 15.7. The number of likely N-dealkylation sites (N-methyl/N-ethyl adjacent to an activating group) is 1. The van der Waals surface area contributed by atoms with Crippen molar-refractivity contribution in [2.45, 2.75) is 13.0 Å². The van der Waals surface area contributed by atoms with Gasteiger partial charge in [0.05, 0.1) is 12.6 Å². The van der Waals surface area contributed by atoms with Gasteiger partial charge < -0.3 is 14.8 Å². The molecule has 0 saturated carbocycles. The summed E-state index contributed by atoms with van der Waals surface area (Å²) < 4.78 is 11.2. The van der Waals surface area contributed by atoms with Gasteiger partial charge in [0.15, 0.2) is 0 Å². The Morgan fingerprint density at radius 3 is 2.10 bits per heavy atom. The lowest BCUT2D eigenvalue weighted by Crippen LogP contribution is -2.23. The number of hydrogen-bond donors (Lipinski definition) is 1. The Kier molecular flexibility index (Phi) is 5.90. The molecule has 0 aliphatic carbocycles. The summed E-state index contributed by atoms with van der Waals surface area (Å²) in [6.45, 7) is 3.20. The molecule has 1 unspecified atom stereocenters. The third kappa shape index (κ3) is 4.66. The average molecular weight is 306 g/mol. The lowest BCUT2D eigenvalue weighted by Gasteiger charge is -2.18. The van der Waals surface area contributed by atoms with Crippen molar-refractivity contribution < 1.29 is 9.47 Å². The fraction of sp³-hybridized carbons (Fsp3) is 0.294. The van der Waals surface area contributed by atoms with Crippen LogP contribution in [-0.2, 0) is 0 Å². The monoisotopic (exact) mass is 305 g/mol. The van der Waals surface area contributed by atoms with Crippen molar-refractivity contribution in [3.05, 3.63) is 59.1 Å². The molecule has 2 rings (SSSR count). The van der Waals surface area contributed by atoms with Gasteiger partial charge in [0.1, 0.15) is 18.1 Å². The van der Waals surface area contributed by atoms with E-state index in [-0.39, 0.29) is 6.04 Å². The summed E-state index contributed by atoms with van der Waals surface area (Å²) in [5, 5.41) is 3.97. The second kappa shape index (κ2) is 7.91. The maximum atomic E-state index is 5.86. The summed E-state index contributed by atoms with van der Waals surface area (Å²) in [5.41, 5.74) is 1.16. The minimum atomic E-state index is 0.122. The number of ether oxygens (including phenoxy) is 2. The van der Waals surface area contributed by atoms with Crippen LogP contribution >= 0.6 is 11.6 Å². The van der Waals surface area contributed by atoms with E-state index in [1.54, 1.807) is 0 Å². The van der Waals surface area contributed by atoms with Crippen molar-refractivity contribution in [1.29, 1.82) is 0 Å². The zero-order valence-corrected chi connectivity index (χ0v) is 13.1. The molecule has 0 heterocycles. The average Bonchev–Trinajstić information content (AvgIpc) is 2.51. The molecule has 0 fully saturated rings. The summed E-state index contributed by atoms with van der Waals surface area (Å²) in [7, 11) is 1.92. The summed E-state index contributed by atoms with van der Waals surface area (Å²) in [6.07, 6.45) is 0. The van der Waals surface area contributed by atoms with Gasteiger partial charge in [-0.3, -0.25) is 0 Å². The van der Waals surface area contributed by atoms with Crippen LogP contribution in [0.5, 0.6) is 11.5 Å². The first-order valence-corrected chi connectivity index (χ1v) is 7.39. The molecule has 0 spiro atoms. The van der Waals surface area contributed by atoms with Crippen molar-refractivity contribution in [2.75, 3.05) is 20.3 Å². The van der Waals surface area contributed by atoms with Crippen LogP contribution < -0.4 is 14.8 Å². The van der Waals surface area contributed by atoms with Gasteiger partial charge in [-0.25, -0.2) is 0 Å². The van der Waals surface area contributed by atoms with E-state index in [1.807, 2.05) is 50.4 Å². The van der Waals surface area contributed by atoms with E-state index in [0.717, 1.165) is 17.1 Å². The molecule has 1 atom stereocenters. The van der Waals surface area contributed by atoms with Crippen LogP contribution in [0.25, 0.3) is 0 Å². The predicted octanol–water partition coefficient (Wildman–Crippen LogP) is 4.08. The normalized spacial score (nSPS) is 12.0. The molecule has 1 N–H and O–H groups in total. The Morgan fingerprint density at radius 1 is 0.952 bits per heavy atom. The fourth-order valence-corrected chi connectivity index (χ4v) is 2.15. The van der Waals surface area contributed by atoms with Gasteiger partial charge in [-0.1, -0.05) is 23.7 Å². The molecule has 0 radical (unpaired) electrons. The molecule has 3 nitrogen and oxygen atoms in total. The summed E-state index contributed by atoms with van der Waals surface area (Å²) in [4.78, 5) is 0. The van der Waals surface area contributed by atoms with Gasteiger partial charge in [0, 0.05) is 5.02 Å². The highest BCUT2D eigenvalue weighted by Gasteiger charge is 2.10. The van der Waals surface area contributed by atoms with E-state index < -0.39 is 0 Å². The van der Waals surface area contributed by atoms with Gasteiger partial charge in [0.25, 0.3) is 0 Å². The van der Waals surface area contributed by atoms with Gasteiger partial charge in [0.2, 0.25) is 0 Å². The fourth-order valence-electron chi connectivity index (χ4n) is 2.02. The molecular formula is C17H20ClNO2. The molecule has 0 bridgehead atoms. The molecule has 4 heteroatoms. The quantitative estimate of drug-likeness (QED) is 0.836. The molecule has 0 aromatic heterocycles. The van der Waals surface area contributed by atoms with E-state index in [4.69, 9.17) is 21.1 Å². The Labute approximate surface area is 130 Å². The molecule has 21 heavy (non-hydrogen) atoms. The van der Waals surface area contributed by atoms with Crippen molar-refractivity contribution in [3.8, 4) is 11.5 Å². The maximum Gasteiger partial charge on any atom is 0.119 e. The van der Waals surface area contributed by atoms with Crippen molar-refractivity contribution in [3.63, 3.8) is 0 Å². The molecule has 0 saturated heterocycles. The third-order valence-corrected chi connectivity index (χ3v) is 3.42. The molecule has 0 aliphatic rings. The maximum absolute atomic E-state index is 5.86. The van der Waals surface area contributed by atoms with E-state index in [9.17, 15) is 0 Å². The van der Waals surface area contributed by atoms with Crippen LogP contribution in [-0.4, -0.2) is 20.3 Å².